The van der Waals surface area contributed by atoms with Crippen molar-refractivity contribution in [3.8, 4) is 11.5 Å². The van der Waals surface area contributed by atoms with Gasteiger partial charge in [-0.2, -0.15) is 0 Å². The normalized spacial score (nSPS) is 18.4. The van der Waals surface area contributed by atoms with E-state index in [9.17, 15) is 4.79 Å². The Balaban J connectivity index is 2.30. The fraction of sp³-hybridized carbons (Fsp3) is 0.500. The smallest absolute Gasteiger partial charge is 0.241 e. The van der Waals surface area contributed by atoms with Crippen LogP contribution in [0.1, 0.15) is 26.3 Å². The lowest BCUT2D eigenvalue weighted by molar-refractivity contribution is -0.117. The summed E-state index contributed by atoms with van der Waals surface area (Å²) in [5, 5.41) is 2.77. The number of benzene rings is 1. The lowest BCUT2D eigenvalue weighted by Crippen LogP contribution is -2.32. The van der Waals surface area contributed by atoms with Crippen LogP contribution >= 0.6 is 0 Å². The van der Waals surface area contributed by atoms with Gasteiger partial charge in [-0.1, -0.05) is 0 Å². The van der Waals surface area contributed by atoms with Crippen molar-refractivity contribution < 1.29 is 14.3 Å². The summed E-state index contributed by atoms with van der Waals surface area (Å²) in [6, 6.07) is 3.17. The Morgan fingerprint density at radius 1 is 1.63 bits per heavy atom. The molecule has 0 saturated heterocycles. The molecule has 0 aliphatic carbocycles. The van der Waals surface area contributed by atoms with Crippen molar-refractivity contribution in [1.29, 1.82) is 0 Å². The molecule has 0 fully saturated rings. The molecule has 5 nitrogen and oxygen atoms in total. The maximum Gasteiger partial charge on any atom is 0.241 e. The Labute approximate surface area is 113 Å². The zero-order valence-corrected chi connectivity index (χ0v) is 11.5. The van der Waals surface area contributed by atoms with Crippen molar-refractivity contribution in [1.82, 2.24) is 0 Å². The second kappa shape index (κ2) is 5.48. The van der Waals surface area contributed by atoms with E-state index in [1.807, 2.05) is 26.0 Å². The monoisotopic (exact) mass is 264 g/mol. The minimum Gasteiger partial charge on any atom is -0.492 e. The molecule has 3 N–H and O–H groups in total. The molecular formula is C14H20N2O3. The van der Waals surface area contributed by atoms with Crippen LogP contribution in [0.2, 0.25) is 0 Å². The van der Waals surface area contributed by atoms with Crippen molar-refractivity contribution in [2.24, 2.45) is 5.73 Å². The molecule has 2 atom stereocenters. The zero-order chi connectivity index (χ0) is 14.0. The van der Waals surface area contributed by atoms with Crippen LogP contribution in [-0.4, -0.2) is 24.7 Å². The molecule has 2 rings (SSSR count). The Bertz CT molecular complexity index is 486. The number of anilines is 1. The number of carbonyl (C=O) groups excluding carboxylic acids is 1. The lowest BCUT2D eigenvalue weighted by Gasteiger charge is -2.14. The molecule has 1 aliphatic rings. The average molecular weight is 264 g/mol. The molecule has 1 aromatic carbocycles. The molecule has 19 heavy (non-hydrogen) atoms. The minimum atomic E-state index is -0.567. The summed E-state index contributed by atoms with van der Waals surface area (Å²) in [4.78, 5) is 11.7. The highest BCUT2D eigenvalue weighted by atomic mass is 16.5. The largest absolute Gasteiger partial charge is 0.492 e. The molecular weight excluding hydrogens is 244 g/mol. The van der Waals surface area contributed by atoms with Gasteiger partial charge in [0.1, 0.15) is 17.6 Å². The van der Waals surface area contributed by atoms with Crippen LogP contribution < -0.4 is 20.5 Å². The Kier molecular flexibility index (Phi) is 3.95. The summed E-state index contributed by atoms with van der Waals surface area (Å²) in [7, 11) is 0. The van der Waals surface area contributed by atoms with Gasteiger partial charge in [0.2, 0.25) is 5.91 Å². The summed E-state index contributed by atoms with van der Waals surface area (Å²) >= 11 is 0. The van der Waals surface area contributed by atoms with E-state index >= 15 is 0 Å². The molecule has 0 radical (unpaired) electrons. The summed E-state index contributed by atoms with van der Waals surface area (Å²) in [5.41, 5.74) is 7.27. The lowest BCUT2D eigenvalue weighted by atomic mass is 10.1. The van der Waals surface area contributed by atoms with Gasteiger partial charge in [0.15, 0.2) is 0 Å². The first-order valence-corrected chi connectivity index (χ1v) is 6.54. The Morgan fingerprint density at radius 3 is 3.00 bits per heavy atom. The molecule has 0 bridgehead atoms. The number of rotatable bonds is 4. The topological polar surface area (TPSA) is 73.6 Å². The van der Waals surface area contributed by atoms with Crippen LogP contribution in [0.25, 0.3) is 0 Å². The van der Waals surface area contributed by atoms with Crippen LogP contribution in [-0.2, 0) is 11.2 Å². The number of hydrogen-bond acceptors (Lipinski definition) is 4. The zero-order valence-electron chi connectivity index (χ0n) is 11.5. The van der Waals surface area contributed by atoms with Gasteiger partial charge in [-0.3, -0.25) is 4.79 Å². The summed E-state index contributed by atoms with van der Waals surface area (Å²) in [6.07, 6.45) is 1.01. The van der Waals surface area contributed by atoms with Crippen LogP contribution in [0.4, 0.5) is 5.69 Å². The minimum absolute atomic E-state index is 0.156. The second-order valence-corrected chi connectivity index (χ2v) is 4.80. The Hall–Kier alpha value is -1.75. The van der Waals surface area contributed by atoms with Crippen molar-refractivity contribution in [3.05, 3.63) is 17.7 Å². The third-order valence-corrected chi connectivity index (χ3v) is 2.97. The van der Waals surface area contributed by atoms with Gasteiger partial charge >= 0.3 is 0 Å². The number of carbonyl (C=O) groups is 1. The first-order chi connectivity index (χ1) is 9.01. The van der Waals surface area contributed by atoms with Gasteiger partial charge in [0, 0.05) is 18.1 Å². The van der Waals surface area contributed by atoms with Crippen molar-refractivity contribution in [3.63, 3.8) is 0 Å². The number of nitrogens with two attached hydrogens (primary N) is 1. The predicted octanol–water partition coefficient (Wildman–Crippen LogP) is 1.69. The van der Waals surface area contributed by atoms with E-state index in [0.717, 1.165) is 17.7 Å². The first-order valence-electron chi connectivity index (χ1n) is 6.54. The van der Waals surface area contributed by atoms with Gasteiger partial charge in [0.05, 0.1) is 18.3 Å². The molecule has 1 unspecified atom stereocenters. The fourth-order valence-corrected chi connectivity index (χ4v) is 2.06. The van der Waals surface area contributed by atoms with E-state index in [2.05, 4.69) is 5.32 Å². The number of hydrogen-bond donors (Lipinski definition) is 2. The van der Waals surface area contributed by atoms with Crippen molar-refractivity contribution in [2.75, 3.05) is 11.9 Å². The third kappa shape index (κ3) is 2.98. The van der Waals surface area contributed by atoms with Crippen LogP contribution in [0, 0.1) is 0 Å². The summed E-state index contributed by atoms with van der Waals surface area (Å²) < 4.78 is 11.3. The molecule has 1 aromatic rings. The fourth-order valence-electron chi connectivity index (χ4n) is 2.06. The maximum absolute atomic E-state index is 11.7. The molecule has 5 heteroatoms. The predicted molar refractivity (Wildman–Crippen MR) is 73.7 cm³/mol. The van der Waals surface area contributed by atoms with Gasteiger partial charge in [0.25, 0.3) is 0 Å². The third-order valence-electron chi connectivity index (χ3n) is 2.97. The van der Waals surface area contributed by atoms with E-state index < -0.39 is 6.04 Å². The molecule has 1 aliphatic heterocycles. The van der Waals surface area contributed by atoms with Crippen molar-refractivity contribution in [2.45, 2.75) is 39.3 Å². The molecule has 1 heterocycles. The summed E-state index contributed by atoms with van der Waals surface area (Å²) in [5.74, 6) is 1.22. The molecule has 0 aromatic heterocycles. The van der Waals surface area contributed by atoms with E-state index in [0.29, 0.717) is 18.0 Å². The van der Waals surface area contributed by atoms with Crippen LogP contribution in [0.5, 0.6) is 11.5 Å². The number of fused-ring (bicyclic) bond motifs is 1. The number of ether oxygens (including phenoxy) is 2. The van der Waals surface area contributed by atoms with Gasteiger partial charge in [-0.15, -0.1) is 0 Å². The number of amides is 1. The van der Waals surface area contributed by atoms with Gasteiger partial charge in [-0.05, 0) is 26.8 Å². The van der Waals surface area contributed by atoms with E-state index in [4.69, 9.17) is 15.2 Å². The molecule has 1 amide bonds. The molecule has 0 saturated carbocycles. The van der Waals surface area contributed by atoms with Crippen molar-refractivity contribution >= 4 is 11.6 Å². The highest BCUT2D eigenvalue weighted by Gasteiger charge is 2.22. The Morgan fingerprint density at radius 2 is 2.37 bits per heavy atom. The van der Waals surface area contributed by atoms with E-state index in [-0.39, 0.29) is 12.0 Å². The molecule has 0 spiro atoms. The van der Waals surface area contributed by atoms with Crippen LogP contribution in [0.15, 0.2) is 12.1 Å². The standard InChI is InChI=1S/C14H20N2O3/c1-4-18-13-6-10-5-8(2)19-12(10)7-11(13)16-14(17)9(3)15/h6-9H,4-5,15H2,1-3H3,(H,16,17)/t8?,9-/m1/s1. The second-order valence-electron chi connectivity index (χ2n) is 4.80. The summed E-state index contributed by atoms with van der Waals surface area (Å²) in [6.45, 7) is 6.10. The SMILES string of the molecule is CCOc1cc2c(cc1NC(=O)[C@@H](C)N)OC(C)C2. The molecule has 104 valence electrons. The van der Waals surface area contributed by atoms with Crippen LogP contribution in [0.3, 0.4) is 0 Å². The van der Waals surface area contributed by atoms with E-state index in [1.54, 1.807) is 6.92 Å². The quantitative estimate of drug-likeness (QED) is 0.868. The highest BCUT2D eigenvalue weighted by molar-refractivity contribution is 5.96. The van der Waals surface area contributed by atoms with E-state index in [1.165, 1.54) is 0 Å². The van der Waals surface area contributed by atoms with Gasteiger partial charge in [-0.25, -0.2) is 0 Å². The first kappa shape index (κ1) is 13.7. The average Bonchev–Trinajstić information content (AvgIpc) is 2.68. The number of nitrogens with one attached hydrogen (secondary N) is 1. The van der Waals surface area contributed by atoms with Gasteiger partial charge < -0.3 is 20.5 Å². The maximum atomic E-state index is 11.7. The highest BCUT2D eigenvalue weighted by Crippen LogP contribution is 2.38.